The summed E-state index contributed by atoms with van der Waals surface area (Å²) in [6, 6.07) is 5.64. The van der Waals surface area contributed by atoms with Gasteiger partial charge in [0.1, 0.15) is 5.78 Å². The van der Waals surface area contributed by atoms with Crippen molar-refractivity contribution in [2.45, 2.75) is 32.6 Å². The van der Waals surface area contributed by atoms with Gasteiger partial charge in [0.15, 0.2) is 0 Å². The van der Waals surface area contributed by atoms with Gasteiger partial charge in [-0.2, -0.15) is 0 Å². The molecule has 1 aliphatic rings. The summed E-state index contributed by atoms with van der Waals surface area (Å²) in [5.41, 5.74) is 0.757. The van der Waals surface area contributed by atoms with E-state index in [4.69, 9.17) is 23.2 Å². The van der Waals surface area contributed by atoms with E-state index < -0.39 is 0 Å². The number of rotatable bonds is 2. The summed E-state index contributed by atoms with van der Waals surface area (Å²) in [6.45, 7) is 4.06. The molecule has 0 aliphatic heterocycles. The molecule has 0 spiro atoms. The fourth-order valence-electron chi connectivity index (χ4n) is 2.39. The zero-order chi connectivity index (χ0) is 11.9. The molecule has 0 N–H and O–H groups in total. The summed E-state index contributed by atoms with van der Waals surface area (Å²) in [5, 5.41) is 1.17. The topological polar surface area (TPSA) is 17.1 Å². The molecule has 86 valence electrons. The third kappa shape index (κ3) is 1.57. The number of halogens is 2. The summed E-state index contributed by atoms with van der Waals surface area (Å²) in [4.78, 5) is 11.7. The minimum atomic E-state index is -0.256. The van der Waals surface area contributed by atoms with Crippen LogP contribution in [0.4, 0.5) is 0 Å². The molecule has 1 fully saturated rings. The Morgan fingerprint density at radius 2 is 2.12 bits per heavy atom. The summed E-state index contributed by atoms with van der Waals surface area (Å²) >= 11 is 12.2. The van der Waals surface area contributed by atoms with Gasteiger partial charge in [-0.1, -0.05) is 49.2 Å². The van der Waals surface area contributed by atoms with E-state index in [9.17, 15) is 4.79 Å². The lowest BCUT2D eigenvalue weighted by atomic mass is 9.56. The molecule has 0 heterocycles. The van der Waals surface area contributed by atoms with Gasteiger partial charge in [0, 0.05) is 17.8 Å². The molecule has 2 unspecified atom stereocenters. The maximum absolute atomic E-state index is 11.7. The van der Waals surface area contributed by atoms with E-state index in [0.29, 0.717) is 22.2 Å². The Kier molecular flexibility index (Phi) is 3.02. The third-order valence-electron chi connectivity index (χ3n) is 3.89. The van der Waals surface area contributed by atoms with Gasteiger partial charge in [-0.25, -0.2) is 0 Å². The first kappa shape index (κ1) is 11.9. The Bertz CT molecular complexity index is 442. The Hall–Kier alpha value is -0.530. The van der Waals surface area contributed by atoms with E-state index in [2.05, 4.69) is 0 Å². The zero-order valence-corrected chi connectivity index (χ0v) is 10.9. The molecular weight excluding hydrogens is 243 g/mol. The van der Waals surface area contributed by atoms with Crippen LogP contribution in [0.25, 0.3) is 0 Å². The average molecular weight is 257 g/mol. The van der Waals surface area contributed by atoms with Gasteiger partial charge in [0.05, 0.1) is 10.0 Å². The van der Waals surface area contributed by atoms with Crippen molar-refractivity contribution in [2.24, 2.45) is 5.41 Å². The highest BCUT2D eigenvalue weighted by atomic mass is 35.5. The highest BCUT2D eigenvalue weighted by Gasteiger charge is 2.50. The van der Waals surface area contributed by atoms with Crippen molar-refractivity contribution in [3.8, 4) is 0 Å². The summed E-state index contributed by atoms with van der Waals surface area (Å²) in [5.74, 6) is 0.548. The van der Waals surface area contributed by atoms with E-state index in [1.165, 1.54) is 0 Å². The van der Waals surface area contributed by atoms with Crippen molar-refractivity contribution >= 4 is 29.0 Å². The monoisotopic (exact) mass is 256 g/mol. The Labute approximate surface area is 106 Å². The maximum atomic E-state index is 11.7. The van der Waals surface area contributed by atoms with Crippen molar-refractivity contribution in [3.05, 3.63) is 33.8 Å². The number of hydrogen-bond donors (Lipinski definition) is 0. The molecular formula is C13H14Cl2O. The molecule has 1 aromatic carbocycles. The molecule has 1 aromatic rings. The lowest BCUT2D eigenvalue weighted by Crippen LogP contribution is -2.45. The van der Waals surface area contributed by atoms with E-state index in [-0.39, 0.29) is 11.3 Å². The van der Waals surface area contributed by atoms with Crippen LogP contribution in [-0.4, -0.2) is 5.78 Å². The molecule has 0 amide bonds. The van der Waals surface area contributed by atoms with Gasteiger partial charge in [-0.15, -0.1) is 0 Å². The first-order chi connectivity index (χ1) is 7.50. The molecule has 0 saturated heterocycles. The molecule has 2 rings (SSSR count). The number of carbonyl (C=O) groups excluding carboxylic acids is 1. The number of benzene rings is 1. The second-order valence-corrected chi connectivity index (χ2v) is 5.38. The molecule has 1 aliphatic carbocycles. The predicted molar refractivity (Wildman–Crippen MR) is 67.2 cm³/mol. The first-order valence-electron chi connectivity index (χ1n) is 5.48. The highest BCUT2D eigenvalue weighted by molar-refractivity contribution is 6.42. The Balaban J connectivity index is 2.40. The van der Waals surface area contributed by atoms with Crippen molar-refractivity contribution in [2.75, 3.05) is 0 Å². The number of ketones is 1. The zero-order valence-electron chi connectivity index (χ0n) is 9.39. The quantitative estimate of drug-likeness (QED) is 0.764. The standard InChI is InChI=1S/C13H14Cl2O/c1-3-13(2)9(7-11(13)16)8-5-4-6-10(14)12(8)15/h4-6,9H,3,7H2,1-2H3. The average Bonchev–Trinajstić information content (AvgIpc) is 2.29. The van der Waals surface area contributed by atoms with Gasteiger partial charge >= 0.3 is 0 Å². The second kappa shape index (κ2) is 4.05. The molecule has 2 atom stereocenters. The van der Waals surface area contributed by atoms with Crippen LogP contribution in [-0.2, 0) is 4.79 Å². The van der Waals surface area contributed by atoms with Crippen LogP contribution in [0.1, 0.15) is 38.2 Å². The largest absolute Gasteiger partial charge is 0.299 e. The van der Waals surface area contributed by atoms with Crippen LogP contribution >= 0.6 is 23.2 Å². The maximum Gasteiger partial charge on any atom is 0.140 e. The lowest BCUT2D eigenvalue weighted by molar-refractivity contribution is -0.139. The second-order valence-electron chi connectivity index (χ2n) is 4.59. The normalized spacial score (nSPS) is 29.0. The Morgan fingerprint density at radius 3 is 2.69 bits per heavy atom. The van der Waals surface area contributed by atoms with Crippen LogP contribution < -0.4 is 0 Å². The van der Waals surface area contributed by atoms with Crippen molar-refractivity contribution in [3.63, 3.8) is 0 Å². The smallest absolute Gasteiger partial charge is 0.140 e. The van der Waals surface area contributed by atoms with Crippen LogP contribution in [0.3, 0.4) is 0 Å². The fourth-order valence-corrected chi connectivity index (χ4v) is 2.83. The molecule has 3 heteroatoms. The van der Waals surface area contributed by atoms with Gasteiger partial charge < -0.3 is 0 Å². The van der Waals surface area contributed by atoms with Crippen LogP contribution in [0.5, 0.6) is 0 Å². The lowest BCUT2D eigenvalue weighted by Gasteiger charge is -2.45. The predicted octanol–water partition coefficient (Wildman–Crippen LogP) is 4.47. The third-order valence-corrected chi connectivity index (χ3v) is 4.72. The van der Waals surface area contributed by atoms with Crippen molar-refractivity contribution in [1.29, 1.82) is 0 Å². The summed E-state index contributed by atoms with van der Waals surface area (Å²) in [7, 11) is 0. The van der Waals surface area contributed by atoms with E-state index in [1.807, 2.05) is 26.0 Å². The molecule has 16 heavy (non-hydrogen) atoms. The van der Waals surface area contributed by atoms with Crippen LogP contribution in [0, 0.1) is 5.41 Å². The van der Waals surface area contributed by atoms with Crippen LogP contribution in [0.2, 0.25) is 10.0 Å². The molecule has 0 aromatic heterocycles. The van der Waals surface area contributed by atoms with E-state index in [1.54, 1.807) is 6.07 Å². The highest BCUT2D eigenvalue weighted by Crippen LogP contribution is 2.53. The number of carbonyl (C=O) groups is 1. The van der Waals surface area contributed by atoms with Gasteiger partial charge in [-0.05, 0) is 18.1 Å². The summed E-state index contributed by atoms with van der Waals surface area (Å²) in [6.07, 6.45) is 1.43. The van der Waals surface area contributed by atoms with Gasteiger partial charge in [0.2, 0.25) is 0 Å². The first-order valence-corrected chi connectivity index (χ1v) is 6.23. The summed E-state index contributed by atoms with van der Waals surface area (Å²) < 4.78 is 0. The molecule has 0 bridgehead atoms. The van der Waals surface area contributed by atoms with E-state index in [0.717, 1.165) is 12.0 Å². The minimum Gasteiger partial charge on any atom is -0.299 e. The van der Waals surface area contributed by atoms with Crippen molar-refractivity contribution < 1.29 is 4.79 Å². The number of Topliss-reactive ketones (excluding diaryl/α,β-unsaturated/α-hetero) is 1. The van der Waals surface area contributed by atoms with Gasteiger partial charge in [0.25, 0.3) is 0 Å². The van der Waals surface area contributed by atoms with E-state index >= 15 is 0 Å². The fraction of sp³-hybridized carbons (Fsp3) is 0.462. The molecule has 1 saturated carbocycles. The Morgan fingerprint density at radius 1 is 1.44 bits per heavy atom. The molecule has 1 nitrogen and oxygen atoms in total. The number of hydrogen-bond acceptors (Lipinski definition) is 1. The molecule has 0 radical (unpaired) electrons. The van der Waals surface area contributed by atoms with Gasteiger partial charge in [-0.3, -0.25) is 4.79 Å². The SMILES string of the molecule is CCC1(C)C(=O)CC1c1cccc(Cl)c1Cl. The van der Waals surface area contributed by atoms with Crippen LogP contribution in [0.15, 0.2) is 18.2 Å². The van der Waals surface area contributed by atoms with Crippen molar-refractivity contribution in [1.82, 2.24) is 0 Å². The minimum absolute atomic E-state index is 0.219.